The lowest BCUT2D eigenvalue weighted by atomic mass is 9.93. The zero-order chi connectivity index (χ0) is 26.2. The van der Waals surface area contributed by atoms with E-state index in [9.17, 15) is 0 Å². The number of hydrogen-bond acceptors (Lipinski definition) is 9. The van der Waals surface area contributed by atoms with E-state index in [1.807, 2.05) is 24.3 Å². The van der Waals surface area contributed by atoms with Crippen molar-refractivity contribution in [2.45, 2.75) is 69.9 Å². The van der Waals surface area contributed by atoms with Gasteiger partial charge in [0.25, 0.3) is 0 Å². The van der Waals surface area contributed by atoms with Crippen molar-refractivity contribution in [3.63, 3.8) is 0 Å². The van der Waals surface area contributed by atoms with E-state index in [1.54, 1.807) is 13.4 Å². The van der Waals surface area contributed by atoms with E-state index >= 15 is 0 Å². The van der Waals surface area contributed by atoms with Crippen molar-refractivity contribution in [1.29, 1.82) is 0 Å². The van der Waals surface area contributed by atoms with E-state index in [1.165, 1.54) is 5.57 Å². The van der Waals surface area contributed by atoms with Crippen molar-refractivity contribution in [3.8, 4) is 5.75 Å². The second kappa shape index (κ2) is 13.8. The maximum Gasteiger partial charge on any atom is 0.380 e. The zero-order valence-corrected chi connectivity index (χ0v) is 23.2. The number of oxazole rings is 1. The van der Waals surface area contributed by atoms with Gasteiger partial charge in [-0.2, -0.15) is 12.5 Å². The molecule has 2 fully saturated rings. The molecule has 2 saturated heterocycles. The van der Waals surface area contributed by atoms with Crippen LogP contribution < -0.4 is 4.74 Å². The molecule has 0 bridgehead atoms. The van der Waals surface area contributed by atoms with Gasteiger partial charge < -0.3 is 32.8 Å². The van der Waals surface area contributed by atoms with Crippen LogP contribution in [-0.4, -0.2) is 42.9 Å². The van der Waals surface area contributed by atoms with Crippen molar-refractivity contribution in [2.75, 3.05) is 13.7 Å². The van der Waals surface area contributed by atoms with Crippen LogP contribution in [0.3, 0.4) is 0 Å². The number of thiol groups is 1. The first-order valence-electron chi connectivity index (χ1n) is 12.4. The fourth-order valence-corrected chi connectivity index (χ4v) is 4.71. The third-order valence-electron chi connectivity index (χ3n) is 6.18. The first-order valence-corrected chi connectivity index (χ1v) is 13.6. The van der Waals surface area contributed by atoms with E-state index in [4.69, 9.17) is 32.8 Å². The Bertz CT molecular complexity index is 1030. The third kappa shape index (κ3) is 8.88. The SMILES string of the molecule is C=C1C[C@H](C[C@@H]2CC(=C)O[C@H](c3coc(COCc4ccc(OC)cc4)n3)O2)O[C@@H](CCOB(P)S)C1. The van der Waals surface area contributed by atoms with Crippen LogP contribution in [0.15, 0.2) is 59.4 Å². The molecular weight excluding hydrogens is 512 g/mol. The molecular formula is C26H35BNO7PS. The lowest BCUT2D eigenvalue weighted by molar-refractivity contribution is -0.200. The molecule has 0 N–H and O–H groups in total. The van der Waals surface area contributed by atoms with Crippen LogP contribution in [0.5, 0.6) is 5.75 Å². The molecule has 1 aromatic heterocycles. The number of hydrogen-bond donors (Lipinski definition) is 1. The van der Waals surface area contributed by atoms with Gasteiger partial charge in [-0.3, -0.25) is 0 Å². The van der Waals surface area contributed by atoms with Gasteiger partial charge in [-0.05, 0) is 37.0 Å². The molecule has 2 aliphatic heterocycles. The molecule has 0 radical (unpaired) electrons. The summed E-state index contributed by atoms with van der Waals surface area (Å²) >= 11 is 4.23. The highest BCUT2D eigenvalue weighted by atomic mass is 32.1. The molecule has 1 unspecified atom stereocenters. The molecule has 200 valence electrons. The van der Waals surface area contributed by atoms with Crippen LogP contribution in [-0.2, 0) is 36.8 Å². The van der Waals surface area contributed by atoms with E-state index < -0.39 is 6.29 Å². The monoisotopic (exact) mass is 547 g/mol. The summed E-state index contributed by atoms with van der Waals surface area (Å²) in [5.74, 6) is 1.75. The van der Waals surface area contributed by atoms with Gasteiger partial charge in [0, 0.05) is 19.4 Å². The predicted molar refractivity (Wildman–Crippen MR) is 147 cm³/mol. The molecule has 2 aromatic rings. The number of aromatic nitrogens is 1. The average Bonchev–Trinajstić information content (AvgIpc) is 3.33. The van der Waals surface area contributed by atoms with Crippen molar-refractivity contribution < 1.29 is 32.8 Å². The lowest BCUT2D eigenvalue weighted by Crippen LogP contribution is -2.35. The Morgan fingerprint density at radius 3 is 2.59 bits per heavy atom. The second-order valence-electron chi connectivity index (χ2n) is 9.28. The van der Waals surface area contributed by atoms with Crippen molar-refractivity contribution >= 4 is 27.5 Å². The molecule has 11 heteroatoms. The second-order valence-corrected chi connectivity index (χ2v) is 11.0. The highest BCUT2D eigenvalue weighted by molar-refractivity contribution is 8.23. The van der Waals surface area contributed by atoms with Crippen molar-refractivity contribution in [2.24, 2.45) is 0 Å². The summed E-state index contributed by atoms with van der Waals surface area (Å²) in [6, 6.07) is 7.71. The summed E-state index contributed by atoms with van der Waals surface area (Å²) in [6.07, 6.45) is 4.62. The topological polar surface area (TPSA) is 81.4 Å². The van der Waals surface area contributed by atoms with Gasteiger partial charge in [0.1, 0.15) is 24.3 Å². The minimum atomic E-state index is -0.685. The van der Waals surface area contributed by atoms with Crippen molar-refractivity contribution in [1.82, 2.24) is 4.98 Å². The van der Waals surface area contributed by atoms with E-state index in [0.717, 1.165) is 30.6 Å². The summed E-state index contributed by atoms with van der Waals surface area (Å²) < 4.78 is 40.5. The highest BCUT2D eigenvalue weighted by Gasteiger charge is 2.33. The van der Waals surface area contributed by atoms with Gasteiger partial charge in [-0.1, -0.05) is 30.9 Å². The van der Waals surface area contributed by atoms with E-state index in [2.05, 4.69) is 39.7 Å². The summed E-state index contributed by atoms with van der Waals surface area (Å²) in [6.45, 7) is 9.52. The van der Waals surface area contributed by atoms with Gasteiger partial charge in [0.15, 0.2) is 0 Å². The lowest BCUT2D eigenvalue weighted by Gasteiger charge is -2.36. The highest BCUT2D eigenvalue weighted by Crippen LogP contribution is 2.35. The third-order valence-corrected chi connectivity index (χ3v) is 6.52. The van der Waals surface area contributed by atoms with Crippen LogP contribution in [0.2, 0.25) is 0 Å². The molecule has 4 rings (SSSR count). The minimum absolute atomic E-state index is 0.0184. The Balaban J connectivity index is 1.26. The van der Waals surface area contributed by atoms with Crippen LogP contribution in [0.1, 0.15) is 55.5 Å². The van der Waals surface area contributed by atoms with Gasteiger partial charge >= 0.3 is 5.91 Å². The number of ether oxygens (including phenoxy) is 5. The minimum Gasteiger partial charge on any atom is -0.497 e. The molecule has 0 amide bonds. The van der Waals surface area contributed by atoms with Gasteiger partial charge in [-0.15, -0.1) is 9.12 Å². The first-order chi connectivity index (χ1) is 17.9. The number of rotatable bonds is 12. The molecule has 0 saturated carbocycles. The van der Waals surface area contributed by atoms with Crippen LogP contribution in [0, 0.1) is 0 Å². The Morgan fingerprint density at radius 1 is 1.08 bits per heavy atom. The largest absolute Gasteiger partial charge is 0.497 e. The van der Waals surface area contributed by atoms with E-state index in [0.29, 0.717) is 43.4 Å². The molecule has 0 spiro atoms. The van der Waals surface area contributed by atoms with Gasteiger partial charge in [0.05, 0.1) is 37.8 Å². The molecule has 37 heavy (non-hydrogen) atoms. The van der Waals surface area contributed by atoms with E-state index in [-0.39, 0.29) is 30.8 Å². The quantitative estimate of drug-likeness (QED) is 0.164. The number of methoxy groups -OCH3 is 1. The Labute approximate surface area is 226 Å². The molecule has 5 atom stereocenters. The number of benzene rings is 1. The fourth-order valence-electron chi connectivity index (χ4n) is 4.47. The number of nitrogens with zero attached hydrogens (tertiary/aromatic N) is 1. The normalized spacial score (nSPS) is 24.1. The summed E-state index contributed by atoms with van der Waals surface area (Å²) in [4.78, 5) is 4.51. The summed E-state index contributed by atoms with van der Waals surface area (Å²) in [7, 11) is 4.16. The van der Waals surface area contributed by atoms with Crippen molar-refractivity contribution in [3.05, 3.63) is 72.2 Å². The van der Waals surface area contributed by atoms with Crippen LogP contribution in [0.4, 0.5) is 0 Å². The summed E-state index contributed by atoms with van der Waals surface area (Å²) in [5.41, 5.74) is 2.77. The first kappa shape index (κ1) is 28.2. The maximum absolute atomic E-state index is 6.33. The Kier molecular flexibility index (Phi) is 10.5. The standard InChI is InChI=1S/C26H35BNO7PS/c1-17-10-21(8-9-32-27(36)37)34-22(11-17)13-23-12-18(2)33-26(35-23)24-15-31-25(28-24)16-30-14-19-4-6-20(29-3)7-5-19/h4-7,15,21-23,26,37H,1-2,8-14,16,36H2,3H3/t21-,22+,23-,26-/m0/s1. The predicted octanol–water partition coefficient (Wildman–Crippen LogP) is 5.41. The fraction of sp³-hybridized carbons (Fsp3) is 0.500. The molecule has 3 heterocycles. The van der Waals surface area contributed by atoms with Crippen LogP contribution in [0.25, 0.3) is 0 Å². The Hall–Kier alpha value is -1.81. The smallest absolute Gasteiger partial charge is 0.380 e. The van der Waals surface area contributed by atoms with Gasteiger partial charge in [-0.25, -0.2) is 4.98 Å². The average molecular weight is 547 g/mol. The molecule has 2 aliphatic rings. The Morgan fingerprint density at radius 2 is 1.84 bits per heavy atom. The zero-order valence-electron chi connectivity index (χ0n) is 21.2. The maximum atomic E-state index is 6.33. The summed E-state index contributed by atoms with van der Waals surface area (Å²) in [5, 5.41) is 0. The van der Waals surface area contributed by atoms with Crippen LogP contribution >= 0.6 is 21.6 Å². The van der Waals surface area contributed by atoms with Gasteiger partial charge in [0.2, 0.25) is 12.2 Å². The molecule has 8 nitrogen and oxygen atoms in total. The molecule has 0 aliphatic carbocycles. The molecule has 1 aromatic carbocycles.